The largest absolute Gasteiger partial charge is 0.496 e. The number of para-hydroxylation sites is 1. The van der Waals surface area contributed by atoms with E-state index in [1.165, 1.54) is 0 Å². The average Bonchev–Trinajstić information content (AvgIpc) is 2.78. The van der Waals surface area contributed by atoms with Gasteiger partial charge in [0.1, 0.15) is 23.7 Å². The molecule has 1 aromatic rings. The normalized spacial score (nSPS) is 13.6. The van der Waals surface area contributed by atoms with Crippen molar-refractivity contribution in [3.8, 4) is 17.9 Å². The topological polar surface area (TPSA) is 72.1 Å². The number of benzene rings is 1. The van der Waals surface area contributed by atoms with Crippen LogP contribution in [0.25, 0.3) is 0 Å². The monoisotopic (exact) mass is 280 g/mol. The van der Waals surface area contributed by atoms with Crippen molar-refractivity contribution < 1.29 is 4.74 Å². The smallest absolute Gasteiger partial charge is 0.170 e. The van der Waals surface area contributed by atoms with Gasteiger partial charge in [-0.15, -0.1) is 0 Å². The number of nitriles is 2. The Kier molecular flexibility index (Phi) is 4.15. The van der Waals surface area contributed by atoms with Crippen molar-refractivity contribution in [2.45, 2.75) is 20.4 Å². The first-order valence-electron chi connectivity index (χ1n) is 6.50. The van der Waals surface area contributed by atoms with E-state index in [2.05, 4.69) is 5.32 Å². The molecule has 0 fully saturated rings. The number of nitrogens with zero attached hydrogens (tertiary/aromatic N) is 3. The number of hydrogen-bond acceptors (Lipinski definition) is 5. The summed E-state index contributed by atoms with van der Waals surface area (Å²) in [7, 11) is 1.63. The third-order valence-corrected chi connectivity index (χ3v) is 3.50. The first-order chi connectivity index (χ1) is 10.1. The Morgan fingerprint density at radius 1 is 1.24 bits per heavy atom. The molecular weight excluding hydrogens is 264 g/mol. The summed E-state index contributed by atoms with van der Waals surface area (Å²) >= 11 is 0. The van der Waals surface area contributed by atoms with E-state index >= 15 is 0 Å². The molecule has 1 N–H and O–H groups in total. The maximum absolute atomic E-state index is 9.10. The number of methoxy groups -OCH3 is 1. The van der Waals surface area contributed by atoms with Crippen LogP contribution in [0.5, 0.6) is 5.75 Å². The molecule has 0 bridgehead atoms. The molecule has 1 aromatic carbocycles. The maximum Gasteiger partial charge on any atom is 0.170 e. The van der Waals surface area contributed by atoms with E-state index in [4.69, 9.17) is 15.3 Å². The van der Waals surface area contributed by atoms with Crippen LogP contribution in [0.2, 0.25) is 0 Å². The lowest BCUT2D eigenvalue weighted by Gasteiger charge is -2.22. The van der Waals surface area contributed by atoms with Crippen LogP contribution in [-0.2, 0) is 6.54 Å². The molecule has 0 amide bonds. The quantitative estimate of drug-likeness (QED) is 0.862. The number of nitrogens with one attached hydrogen (secondary N) is 1. The van der Waals surface area contributed by atoms with E-state index in [9.17, 15) is 0 Å². The zero-order valence-corrected chi connectivity index (χ0v) is 12.3. The lowest BCUT2D eigenvalue weighted by Crippen LogP contribution is -2.22. The average molecular weight is 280 g/mol. The molecule has 2 rings (SSSR count). The molecule has 21 heavy (non-hydrogen) atoms. The highest BCUT2D eigenvalue weighted by Crippen LogP contribution is 2.29. The highest BCUT2D eigenvalue weighted by molar-refractivity contribution is 5.45. The predicted molar refractivity (Wildman–Crippen MR) is 78.3 cm³/mol. The van der Waals surface area contributed by atoms with Gasteiger partial charge in [-0.3, -0.25) is 0 Å². The van der Waals surface area contributed by atoms with Gasteiger partial charge >= 0.3 is 0 Å². The van der Waals surface area contributed by atoms with Gasteiger partial charge < -0.3 is 15.0 Å². The summed E-state index contributed by atoms with van der Waals surface area (Å²) in [5.41, 5.74) is 2.98. The van der Waals surface area contributed by atoms with Gasteiger partial charge in [0.25, 0.3) is 0 Å². The first kappa shape index (κ1) is 14.5. The number of allylic oxidation sites excluding steroid dienone is 3. The van der Waals surface area contributed by atoms with Crippen molar-refractivity contribution in [2.75, 3.05) is 7.11 Å². The van der Waals surface area contributed by atoms with Crippen LogP contribution >= 0.6 is 0 Å². The summed E-state index contributed by atoms with van der Waals surface area (Å²) in [5.74, 6) is 1.31. The van der Waals surface area contributed by atoms with Gasteiger partial charge in [0.15, 0.2) is 5.57 Å². The molecule has 0 atom stereocenters. The van der Waals surface area contributed by atoms with Crippen LogP contribution < -0.4 is 10.1 Å². The van der Waals surface area contributed by atoms with E-state index in [1.54, 1.807) is 7.11 Å². The molecule has 1 aliphatic rings. The minimum absolute atomic E-state index is 0.0705. The molecule has 0 saturated heterocycles. The fourth-order valence-corrected chi connectivity index (χ4v) is 2.24. The third kappa shape index (κ3) is 2.68. The van der Waals surface area contributed by atoms with Crippen LogP contribution in [0.1, 0.15) is 19.4 Å². The zero-order chi connectivity index (χ0) is 15.4. The summed E-state index contributed by atoms with van der Waals surface area (Å²) in [5, 5.41) is 21.3. The second kappa shape index (κ2) is 6.02. The SMILES string of the molecule is COc1ccccc1CN1C(C)=C(C)NC1=C(C#N)C#N. The van der Waals surface area contributed by atoms with Crippen molar-refractivity contribution >= 4 is 0 Å². The first-order valence-corrected chi connectivity index (χ1v) is 6.50. The predicted octanol–water partition coefficient (Wildman–Crippen LogP) is 2.61. The van der Waals surface area contributed by atoms with Crippen LogP contribution in [-0.4, -0.2) is 12.0 Å². The van der Waals surface area contributed by atoms with Crippen LogP contribution in [0.15, 0.2) is 47.1 Å². The highest BCUT2D eigenvalue weighted by atomic mass is 16.5. The highest BCUT2D eigenvalue weighted by Gasteiger charge is 2.25. The van der Waals surface area contributed by atoms with Gasteiger partial charge in [0, 0.05) is 17.0 Å². The van der Waals surface area contributed by atoms with Crippen LogP contribution in [0, 0.1) is 22.7 Å². The summed E-state index contributed by atoms with van der Waals surface area (Å²) in [4.78, 5) is 1.93. The molecule has 5 nitrogen and oxygen atoms in total. The molecule has 0 unspecified atom stereocenters. The van der Waals surface area contributed by atoms with Gasteiger partial charge in [-0.05, 0) is 19.9 Å². The lowest BCUT2D eigenvalue weighted by molar-refractivity contribution is 0.383. The molecular formula is C16H16N4O. The van der Waals surface area contributed by atoms with Gasteiger partial charge in [-0.2, -0.15) is 10.5 Å². The molecule has 1 heterocycles. The Bertz CT molecular complexity index is 688. The number of rotatable bonds is 3. The van der Waals surface area contributed by atoms with Crippen molar-refractivity contribution in [3.05, 3.63) is 52.6 Å². The molecule has 5 heteroatoms. The maximum atomic E-state index is 9.10. The summed E-state index contributed by atoms with van der Waals surface area (Å²) < 4.78 is 5.36. The summed E-state index contributed by atoms with van der Waals surface area (Å²) in [6.07, 6.45) is 0. The van der Waals surface area contributed by atoms with Crippen LogP contribution in [0.3, 0.4) is 0 Å². The zero-order valence-electron chi connectivity index (χ0n) is 12.3. The second-order valence-electron chi connectivity index (χ2n) is 4.68. The minimum Gasteiger partial charge on any atom is -0.496 e. The Hall–Kier alpha value is -2.92. The van der Waals surface area contributed by atoms with Crippen LogP contribution in [0.4, 0.5) is 0 Å². The Morgan fingerprint density at radius 3 is 2.52 bits per heavy atom. The summed E-state index contributed by atoms with van der Waals surface area (Å²) in [6, 6.07) is 11.6. The van der Waals surface area contributed by atoms with E-state index in [0.717, 1.165) is 22.7 Å². The van der Waals surface area contributed by atoms with E-state index in [0.29, 0.717) is 12.4 Å². The molecule has 0 aromatic heterocycles. The third-order valence-electron chi connectivity index (χ3n) is 3.50. The van der Waals surface area contributed by atoms with Gasteiger partial charge in [0.05, 0.1) is 13.7 Å². The van der Waals surface area contributed by atoms with Crippen molar-refractivity contribution in [2.24, 2.45) is 0 Å². The van der Waals surface area contributed by atoms with Gasteiger partial charge in [0.2, 0.25) is 0 Å². The standard InChI is InChI=1S/C16H16N4O/c1-11-12(2)20(16(19-11)14(8-17)9-18)10-13-6-4-5-7-15(13)21-3/h4-7,19H,10H2,1-3H3. The summed E-state index contributed by atoms with van der Waals surface area (Å²) in [6.45, 7) is 4.41. The Labute approximate surface area is 124 Å². The molecule has 0 aliphatic carbocycles. The van der Waals surface area contributed by atoms with E-state index in [-0.39, 0.29) is 5.57 Å². The lowest BCUT2D eigenvalue weighted by atomic mass is 10.1. The number of hydrogen-bond donors (Lipinski definition) is 1. The second-order valence-corrected chi connectivity index (χ2v) is 4.68. The molecule has 0 radical (unpaired) electrons. The van der Waals surface area contributed by atoms with Crippen molar-refractivity contribution in [1.82, 2.24) is 10.2 Å². The van der Waals surface area contributed by atoms with Gasteiger partial charge in [-0.1, -0.05) is 18.2 Å². The minimum atomic E-state index is 0.0705. The molecule has 106 valence electrons. The molecule has 1 aliphatic heterocycles. The van der Waals surface area contributed by atoms with Gasteiger partial charge in [-0.25, -0.2) is 0 Å². The van der Waals surface area contributed by atoms with E-state index < -0.39 is 0 Å². The fourth-order valence-electron chi connectivity index (χ4n) is 2.24. The molecule has 0 saturated carbocycles. The Morgan fingerprint density at radius 2 is 1.90 bits per heavy atom. The van der Waals surface area contributed by atoms with Crippen molar-refractivity contribution in [1.29, 1.82) is 10.5 Å². The van der Waals surface area contributed by atoms with Crippen molar-refractivity contribution in [3.63, 3.8) is 0 Å². The number of ether oxygens (including phenoxy) is 1. The fraction of sp³-hybridized carbons (Fsp3) is 0.250. The Balaban J connectivity index is 2.43. The molecule has 0 spiro atoms. The van der Waals surface area contributed by atoms with E-state index in [1.807, 2.05) is 55.2 Å².